The Kier molecular flexibility index (Phi) is 3.84. The topological polar surface area (TPSA) is 44.1 Å². The van der Waals surface area contributed by atoms with Crippen molar-refractivity contribution in [3.63, 3.8) is 0 Å². The highest BCUT2D eigenvalue weighted by Crippen LogP contribution is 2.22. The van der Waals surface area contributed by atoms with Gasteiger partial charge in [-0.05, 0) is 25.7 Å². The molecule has 3 nitrogen and oxygen atoms in total. The molecule has 1 rings (SSSR count). The van der Waals surface area contributed by atoms with Crippen LogP contribution < -0.4 is 0 Å². The second-order valence-corrected chi connectivity index (χ2v) is 3.70. The quantitative estimate of drug-likeness (QED) is 0.606. The molecule has 70 valence electrons. The number of carbonyl (C=O) groups is 1. The lowest BCUT2D eigenvalue weighted by Crippen LogP contribution is -2.22. The van der Waals surface area contributed by atoms with Gasteiger partial charge < -0.3 is 4.90 Å². The Morgan fingerprint density at radius 1 is 1.69 bits per heavy atom. The van der Waals surface area contributed by atoms with Crippen molar-refractivity contribution in [2.45, 2.75) is 25.7 Å². The number of thioether (sulfide) groups is 1. The monoisotopic (exact) mass is 196 g/mol. The Morgan fingerprint density at radius 2 is 2.46 bits per heavy atom. The molecule has 0 fully saturated rings. The summed E-state index contributed by atoms with van der Waals surface area (Å²) in [6, 6.07) is 0. The minimum Gasteiger partial charge on any atom is -0.310 e. The maximum Gasteiger partial charge on any atom is 0.300 e. The molecule has 0 radical (unpaired) electrons. The molecule has 0 saturated heterocycles. The summed E-state index contributed by atoms with van der Waals surface area (Å²) in [5, 5.41) is 9.93. The van der Waals surface area contributed by atoms with Gasteiger partial charge in [0, 0.05) is 12.7 Å². The first-order valence-corrected chi connectivity index (χ1v) is 5.10. The fraction of sp³-hybridized carbons (Fsp3) is 0.556. The molecule has 0 unspecified atom stereocenters. The van der Waals surface area contributed by atoms with Crippen LogP contribution >= 0.6 is 11.8 Å². The number of amides is 1. The van der Waals surface area contributed by atoms with Gasteiger partial charge in [0.1, 0.15) is 5.40 Å². The molecule has 0 atom stereocenters. The molecule has 0 aromatic heterocycles. The van der Waals surface area contributed by atoms with E-state index in [2.05, 4.69) is 6.08 Å². The molecule has 1 aliphatic rings. The summed E-state index contributed by atoms with van der Waals surface area (Å²) in [5.41, 5.74) is 1.05. The van der Waals surface area contributed by atoms with Gasteiger partial charge in [-0.2, -0.15) is 5.26 Å². The first kappa shape index (κ1) is 10.1. The molecule has 0 bridgehead atoms. The van der Waals surface area contributed by atoms with Gasteiger partial charge in [-0.25, -0.2) is 0 Å². The third-order valence-electron chi connectivity index (χ3n) is 2.10. The first-order valence-electron chi connectivity index (χ1n) is 4.28. The Balaban J connectivity index is 2.56. The highest BCUT2D eigenvalue weighted by atomic mass is 32.2. The minimum atomic E-state index is -0.185. The van der Waals surface area contributed by atoms with Gasteiger partial charge in [0.2, 0.25) is 0 Å². The molecule has 0 spiro atoms. The summed E-state index contributed by atoms with van der Waals surface area (Å²) in [4.78, 5) is 12.8. The number of thiocyanates is 1. The van der Waals surface area contributed by atoms with E-state index in [-0.39, 0.29) is 5.24 Å². The average Bonchev–Trinajstić information content (AvgIpc) is 2.18. The summed E-state index contributed by atoms with van der Waals surface area (Å²) in [6.45, 7) is 0. The largest absolute Gasteiger partial charge is 0.310 e. The predicted octanol–water partition coefficient (Wildman–Crippen LogP) is 2.71. The molecule has 1 aliphatic carbocycles. The highest BCUT2D eigenvalue weighted by molar-refractivity contribution is 8.17. The van der Waals surface area contributed by atoms with Crippen molar-refractivity contribution in [3.8, 4) is 5.40 Å². The molecule has 4 heteroatoms. The zero-order valence-electron chi connectivity index (χ0n) is 7.62. The van der Waals surface area contributed by atoms with Crippen LogP contribution in [-0.2, 0) is 0 Å². The van der Waals surface area contributed by atoms with Crippen LogP contribution in [0.5, 0.6) is 0 Å². The number of allylic oxidation sites excluding steroid dienone is 2. The maximum atomic E-state index is 11.3. The Morgan fingerprint density at radius 3 is 3.00 bits per heavy atom. The molecular weight excluding hydrogens is 184 g/mol. The van der Waals surface area contributed by atoms with E-state index < -0.39 is 0 Å². The van der Waals surface area contributed by atoms with Crippen LogP contribution in [-0.4, -0.2) is 17.2 Å². The summed E-state index contributed by atoms with van der Waals surface area (Å²) in [5.74, 6) is 0. The molecule has 0 aromatic rings. The number of carbonyl (C=O) groups excluding carboxylic acids is 1. The summed E-state index contributed by atoms with van der Waals surface area (Å²) in [6.07, 6.45) is 6.43. The van der Waals surface area contributed by atoms with E-state index in [1.165, 1.54) is 6.42 Å². The Hall–Kier alpha value is -0.950. The average molecular weight is 196 g/mol. The van der Waals surface area contributed by atoms with Crippen LogP contribution in [0.15, 0.2) is 11.8 Å². The number of hydrogen-bond acceptors (Lipinski definition) is 3. The van der Waals surface area contributed by atoms with Crippen LogP contribution in [0.1, 0.15) is 25.7 Å². The predicted molar refractivity (Wildman–Crippen MR) is 52.9 cm³/mol. The van der Waals surface area contributed by atoms with Crippen molar-refractivity contribution < 1.29 is 4.79 Å². The van der Waals surface area contributed by atoms with Gasteiger partial charge >= 0.3 is 0 Å². The standard InChI is InChI=1S/C9H12N2OS/c1-11(9(12)13-7-10)8-5-3-2-4-6-8/h5H,2-4,6H2,1H3. The minimum absolute atomic E-state index is 0.185. The van der Waals surface area contributed by atoms with Gasteiger partial charge in [-0.1, -0.05) is 6.08 Å². The first-order chi connectivity index (χ1) is 6.25. The van der Waals surface area contributed by atoms with Crippen molar-refractivity contribution >= 4 is 17.0 Å². The molecule has 0 heterocycles. The smallest absolute Gasteiger partial charge is 0.300 e. The van der Waals surface area contributed by atoms with E-state index in [1.807, 2.05) is 0 Å². The molecule has 0 aromatic carbocycles. The Labute approximate surface area is 82.4 Å². The van der Waals surface area contributed by atoms with Crippen LogP contribution in [0.25, 0.3) is 0 Å². The van der Waals surface area contributed by atoms with Crippen molar-refractivity contribution in [2.24, 2.45) is 0 Å². The second-order valence-electron chi connectivity index (χ2n) is 2.96. The zero-order chi connectivity index (χ0) is 9.68. The summed E-state index contributed by atoms with van der Waals surface area (Å²) < 4.78 is 0. The van der Waals surface area contributed by atoms with Gasteiger partial charge in [0.25, 0.3) is 5.24 Å². The lowest BCUT2D eigenvalue weighted by molar-refractivity contribution is 0.241. The lowest BCUT2D eigenvalue weighted by atomic mass is 10.0. The maximum absolute atomic E-state index is 11.3. The molecule has 0 N–H and O–H groups in total. The van der Waals surface area contributed by atoms with Gasteiger partial charge in [-0.15, -0.1) is 0 Å². The molecule has 13 heavy (non-hydrogen) atoms. The number of rotatable bonds is 1. The van der Waals surface area contributed by atoms with Crippen LogP contribution in [0, 0.1) is 10.7 Å². The van der Waals surface area contributed by atoms with Gasteiger partial charge in [0.05, 0.1) is 11.8 Å². The summed E-state index contributed by atoms with van der Waals surface area (Å²) >= 11 is 0.685. The Bertz CT molecular complexity index is 267. The van der Waals surface area contributed by atoms with Crippen LogP contribution in [0.4, 0.5) is 4.79 Å². The van der Waals surface area contributed by atoms with E-state index in [1.54, 1.807) is 17.3 Å². The number of hydrogen-bond donors (Lipinski definition) is 0. The van der Waals surface area contributed by atoms with Gasteiger partial charge in [-0.3, -0.25) is 4.79 Å². The third kappa shape index (κ3) is 2.78. The fourth-order valence-corrected chi connectivity index (χ4v) is 1.68. The van der Waals surface area contributed by atoms with E-state index in [0.717, 1.165) is 25.0 Å². The highest BCUT2D eigenvalue weighted by Gasteiger charge is 2.15. The number of nitrogens with zero attached hydrogens (tertiary/aromatic N) is 2. The van der Waals surface area contributed by atoms with Crippen molar-refractivity contribution in [2.75, 3.05) is 7.05 Å². The zero-order valence-corrected chi connectivity index (χ0v) is 8.43. The van der Waals surface area contributed by atoms with Crippen molar-refractivity contribution in [3.05, 3.63) is 11.8 Å². The molecule has 0 saturated carbocycles. The van der Waals surface area contributed by atoms with E-state index in [4.69, 9.17) is 5.26 Å². The van der Waals surface area contributed by atoms with E-state index >= 15 is 0 Å². The lowest BCUT2D eigenvalue weighted by Gasteiger charge is -2.21. The fourth-order valence-electron chi connectivity index (χ4n) is 1.35. The number of nitriles is 1. The van der Waals surface area contributed by atoms with Crippen LogP contribution in [0.3, 0.4) is 0 Å². The van der Waals surface area contributed by atoms with Gasteiger partial charge in [0.15, 0.2) is 0 Å². The second kappa shape index (κ2) is 4.93. The molecular formula is C9H12N2OS. The van der Waals surface area contributed by atoms with Crippen molar-refractivity contribution in [1.29, 1.82) is 5.26 Å². The van der Waals surface area contributed by atoms with Crippen LogP contribution in [0.2, 0.25) is 0 Å². The third-order valence-corrected chi connectivity index (χ3v) is 2.64. The molecule has 1 amide bonds. The SMILES string of the molecule is CN(C(=O)SC#N)C1=CCCCC1. The summed E-state index contributed by atoms with van der Waals surface area (Å²) in [7, 11) is 1.73. The van der Waals surface area contributed by atoms with E-state index in [0.29, 0.717) is 11.8 Å². The van der Waals surface area contributed by atoms with E-state index in [9.17, 15) is 4.79 Å². The normalized spacial score (nSPS) is 15.8. The molecule has 0 aliphatic heterocycles. The van der Waals surface area contributed by atoms with Crippen molar-refractivity contribution in [1.82, 2.24) is 4.90 Å².